The summed E-state index contributed by atoms with van der Waals surface area (Å²) in [5.41, 5.74) is 1.68. The molecule has 0 saturated carbocycles. The molecule has 0 atom stereocenters. The summed E-state index contributed by atoms with van der Waals surface area (Å²) in [6.45, 7) is 2.63. The van der Waals surface area contributed by atoms with Crippen LogP contribution in [-0.4, -0.2) is 46.6 Å². The van der Waals surface area contributed by atoms with Crippen LogP contribution in [0.5, 0.6) is 5.75 Å². The Morgan fingerprint density at radius 2 is 2.16 bits per heavy atom. The number of nitrogens with one attached hydrogen (secondary N) is 1. The Morgan fingerprint density at radius 3 is 2.90 bits per heavy atom. The highest BCUT2D eigenvalue weighted by molar-refractivity contribution is 8.18. The lowest BCUT2D eigenvalue weighted by Gasteiger charge is -2.13. The Kier molecular flexibility index (Phi) is 8.08. The van der Waals surface area contributed by atoms with Gasteiger partial charge >= 0.3 is 0 Å². The molecular weight excluding hydrogens is 438 g/mol. The van der Waals surface area contributed by atoms with Gasteiger partial charge in [0.25, 0.3) is 11.1 Å². The molecule has 0 spiro atoms. The van der Waals surface area contributed by atoms with E-state index in [1.54, 1.807) is 42.7 Å². The predicted molar refractivity (Wildman–Crippen MR) is 121 cm³/mol. The van der Waals surface area contributed by atoms with Crippen molar-refractivity contribution in [3.63, 3.8) is 0 Å². The minimum absolute atomic E-state index is 0.126. The highest BCUT2D eigenvalue weighted by Gasteiger charge is 2.34. The van der Waals surface area contributed by atoms with E-state index in [0.29, 0.717) is 28.7 Å². The molecule has 31 heavy (non-hydrogen) atoms. The van der Waals surface area contributed by atoms with Gasteiger partial charge in [-0.3, -0.25) is 24.3 Å². The first-order valence-corrected chi connectivity index (χ1v) is 10.9. The van der Waals surface area contributed by atoms with Crippen LogP contribution in [0.15, 0.2) is 47.6 Å². The van der Waals surface area contributed by atoms with E-state index in [2.05, 4.69) is 10.3 Å². The van der Waals surface area contributed by atoms with Crippen LogP contribution in [0.1, 0.15) is 24.0 Å². The Bertz CT molecular complexity index is 998. The summed E-state index contributed by atoms with van der Waals surface area (Å²) in [6, 6.07) is 8.97. The third kappa shape index (κ3) is 6.57. The molecule has 1 aromatic carbocycles. The fraction of sp³-hybridized carbons (Fsp3) is 0.273. The van der Waals surface area contributed by atoms with E-state index in [0.717, 1.165) is 27.8 Å². The first kappa shape index (κ1) is 22.8. The van der Waals surface area contributed by atoms with E-state index in [1.165, 1.54) is 0 Å². The molecule has 1 aromatic heterocycles. The van der Waals surface area contributed by atoms with Crippen molar-refractivity contribution < 1.29 is 19.1 Å². The second-order valence-electron chi connectivity index (χ2n) is 6.83. The Morgan fingerprint density at radius 1 is 1.32 bits per heavy atom. The summed E-state index contributed by atoms with van der Waals surface area (Å²) in [7, 11) is 0. The Balaban J connectivity index is 1.37. The van der Waals surface area contributed by atoms with E-state index in [-0.39, 0.29) is 36.6 Å². The van der Waals surface area contributed by atoms with Gasteiger partial charge in [-0.25, -0.2) is 0 Å². The summed E-state index contributed by atoms with van der Waals surface area (Å²) in [5.74, 6) is 0.189. The molecule has 2 heterocycles. The number of amides is 3. The standard InChI is InChI=1S/C22H22ClN3O4S/c1-15-12-17(6-7-18(15)23)30-11-3-5-20(27)25-9-10-26-21(28)19(31-22(26)29)13-16-4-2-8-24-14-16/h2,4,6-8,12-14H,3,5,9-11H2,1H3,(H,25,27). The molecule has 9 heteroatoms. The number of halogens is 1. The van der Waals surface area contributed by atoms with Crippen LogP contribution in [0.4, 0.5) is 4.79 Å². The fourth-order valence-electron chi connectivity index (χ4n) is 2.83. The number of aromatic nitrogens is 1. The zero-order chi connectivity index (χ0) is 22.2. The molecule has 0 aliphatic carbocycles. The van der Waals surface area contributed by atoms with Gasteiger partial charge in [0.05, 0.1) is 11.5 Å². The van der Waals surface area contributed by atoms with Gasteiger partial charge in [-0.05, 0) is 66.6 Å². The molecule has 2 aromatic rings. The van der Waals surface area contributed by atoms with Gasteiger partial charge in [0.2, 0.25) is 5.91 Å². The highest BCUT2D eigenvalue weighted by Crippen LogP contribution is 2.31. The lowest BCUT2D eigenvalue weighted by molar-refractivity contribution is -0.124. The Labute approximate surface area is 189 Å². The van der Waals surface area contributed by atoms with Crippen molar-refractivity contribution in [2.75, 3.05) is 19.7 Å². The van der Waals surface area contributed by atoms with Crippen molar-refractivity contribution >= 4 is 46.5 Å². The largest absolute Gasteiger partial charge is 0.494 e. The van der Waals surface area contributed by atoms with E-state index in [9.17, 15) is 14.4 Å². The number of imide groups is 1. The number of carbonyl (C=O) groups excluding carboxylic acids is 3. The smallest absolute Gasteiger partial charge is 0.293 e. The molecule has 0 unspecified atom stereocenters. The molecule has 0 radical (unpaired) electrons. The molecule has 3 amide bonds. The van der Waals surface area contributed by atoms with Gasteiger partial charge < -0.3 is 10.1 Å². The van der Waals surface area contributed by atoms with Crippen LogP contribution < -0.4 is 10.1 Å². The van der Waals surface area contributed by atoms with Crippen LogP contribution in [0.3, 0.4) is 0 Å². The third-order valence-corrected chi connectivity index (χ3v) is 5.79. The minimum atomic E-state index is -0.361. The average Bonchev–Trinajstić information content (AvgIpc) is 3.01. The number of pyridine rings is 1. The molecule has 162 valence electrons. The van der Waals surface area contributed by atoms with E-state index in [1.807, 2.05) is 13.0 Å². The van der Waals surface area contributed by atoms with Crippen LogP contribution in [0, 0.1) is 6.92 Å². The van der Waals surface area contributed by atoms with Crippen LogP contribution in [-0.2, 0) is 9.59 Å². The maximum Gasteiger partial charge on any atom is 0.293 e. The zero-order valence-corrected chi connectivity index (χ0v) is 18.5. The van der Waals surface area contributed by atoms with E-state index in [4.69, 9.17) is 16.3 Å². The highest BCUT2D eigenvalue weighted by atomic mass is 35.5. The molecule has 1 N–H and O–H groups in total. The van der Waals surface area contributed by atoms with Crippen molar-refractivity contribution in [2.45, 2.75) is 19.8 Å². The van der Waals surface area contributed by atoms with Crippen LogP contribution >= 0.6 is 23.4 Å². The maximum absolute atomic E-state index is 12.4. The van der Waals surface area contributed by atoms with E-state index < -0.39 is 0 Å². The number of carbonyl (C=O) groups is 3. The normalized spacial score (nSPS) is 14.9. The average molecular weight is 460 g/mol. The minimum Gasteiger partial charge on any atom is -0.494 e. The summed E-state index contributed by atoms with van der Waals surface area (Å²) in [5, 5.41) is 3.07. The number of hydrogen-bond acceptors (Lipinski definition) is 6. The van der Waals surface area contributed by atoms with Crippen molar-refractivity contribution in [2.24, 2.45) is 0 Å². The molecular formula is C22H22ClN3O4S. The second-order valence-corrected chi connectivity index (χ2v) is 8.23. The monoisotopic (exact) mass is 459 g/mol. The molecule has 1 fully saturated rings. The first-order valence-electron chi connectivity index (χ1n) is 9.75. The topological polar surface area (TPSA) is 88.6 Å². The quantitative estimate of drug-likeness (QED) is 0.449. The van der Waals surface area contributed by atoms with Crippen molar-refractivity contribution in [1.29, 1.82) is 0 Å². The lowest BCUT2D eigenvalue weighted by Crippen LogP contribution is -2.37. The third-order valence-electron chi connectivity index (χ3n) is 4.46. The number of nitrogens with zero attached hydrogens (tertiary/aromatic N) is 2. The lowest BCUT2D eigenvalue weighted by atomic mass is 10.2. The maximum atomic E-state index is 12.4. The Hall–Kier alpha value is -2.84. The van der Waals surface area contributed by atoms with E-state index >= 15 is 0 Å². The number of rotatable bonds is 9. The summed E-state index contributed by atoms with van der Waals surface area (Å²) in [6.07, 6.45) is 5.72. The first-order chi connectivity index (χ1) is 14.9. The predicted octanol–water partition coefficient (Wildman–Crippen LogP) is 4.06. The summed E-state index contributed by atoms with van der Waals surface area (Å²) >= 11 is 6.87. The molecule has 1 aliphatic heterocycles. The second kappa shape index (κ2) is 11.0. The number of benzene rings is 1. The number of thioether (sulfide) groups is 1. The number of ether oxygens (including phenoxy) is 1. The molecule has 0 bridgehead atoms. The van der Waals surface area contributed by atoms with Gasteiger partial charge in [-0.1, -0.05) is 17.7 Å². The zero-order valence-electron chi connectivity index (χ0n) is 17.0. The SMILES string of the molecule is Cc1cc(OCCCC(=O)NCCN2C(=O)SC(=Cc3cccnc3)C2=O)ccc1Cl. The van der Waals surface area contributed by atoms with Gasteiger partial charge in [0, 0.05) is 36.9 Å². The van der Waals surface area contributed by atoms with Gasteiger partial charge in [0.15, 0.2) is 0 Å². The van der Waals surface area contributed by atoms with Crippen molar-refractivity contribution in [1.82, 2.24) is 15.2 Å². The number of hydrogen-bond donors (Lipinski definition) is 1. The molecule has 1 aliphatic rings. The van der Waals surface area contributed by atoms with Gasteiger partial charge in [-0.15, -0.1) is 0 Å². The van der Waals surface area contributed by atoms with Crippen LogP contribution in [0.2, 0.25) is 5.02 Å². The van der Waals surface area contributed by atoms with Crippen molar-refractivity contribution in [3.05, 3.63) is 63.8 Å². The fourth-order valence-corrected chi connectivity index (χ4v) is 3.81. The molecule has 7 nitrogen and oxygen atoms in total. The van der Waals surface area contributed by atoms with Crippen LogP contribution in [0.25, 0.3) is 6.08 Å². The van der Waals surface area contributed by atoms with Crippen molar-refractivity contribution in [3.8, 4) is 5.75 Å². The van der Waals surface area contributed by atoms with Gasteiger partial charge in [-0.2, -0.15) is 0 Å². The number of aryl methyl sites for hydroxylation is 1. The van der Waals surface area contributed by atoms with Gasteiger partial charge in [0.1, 0.15) is 5.75 Å². The molecule has 3 rings (SSSR count). The molecule has 1 saturated heterocycles. The summed E-state index contributed by atoms with van der Waals surface area (Å²) < 4.78 is 5.62. The summed E-state index contributed by atoms with van der Waals surface area (Å²) in [4.78, 5) is 42.0.